The van der Waals surface area contributed by atoms with Crippen LogP contribution in [0.15, 0.2) is 12.3 Å². The Kier molecular flexibility index (Phi) is 5.82. The average Bonchev–Trinajstić information content (AvgIpc) is 2.31. The van der Waals surface area contributed by atoms with Gasteiger partial charge in [-0.1, -0.05) is 0 Å². The molecule has 0 bridgehead atoms. The topological polar surface area (TPSA) is 19.4 Å². The summed E-state index contributed by atoms with van der Waals surface area (Å²) in [5.41, 5.74) is 0.497. The van der Waals surface area contributed by atoms with Gasteiger partial charge in [-0.3, -0.25) is 0 Å². The number of pyridine rings is 1. The van der Waals surface area contributed by atoms with Crippen LogP contribution in [0.25, 0.3) is 0 Å². The van der Waals surface area contributed by atoms with Crippen molar-refractivity contribution in [3.8, 4) is 0 Å². The Labute approximate surface area is 114 Å². The van der Waals surface area contributed by atoms with Crippen molar-refractivity contribution >= 4 is 17.4 Å². The smallest absolute Gasteiger partial charge is 0.170 e. The quantitative estimate of drug-likeness (QED) is 0.743. The van der Waals surface area contributed by atoms with E-state index in [4.69, 9.17) is 11.6 Å². The molecule has 1 heterocycles. The van der Waals surface area contributed by atoms with Gasteiger partial charge in [0.05, 0.1) is 5.88 Å². The first kappa shape index (κ1) is 15.2. The lowest BCUT2D eigenvalue weighted by Crippen LogP contribution is -2.41. The van der Waals surface area contributed by atoms with E-state index in [9.17, 15) is 4.39 Å². The molecule has 0 aliphatic rings. The number of likely N-dealkylation sites (N-methyl/N-ethyl adjacent to an activating group) is 2. The molecule has 5 heteroatoms. The van der Waals surface area contributed by atoms with Gasteiger partial charge in [0, 0.05) is 30.9 Å². The second kappa shape index (κ2) is 6.90. The van der Waals surface area contributed by atoms with Crippen LogP contribution in [0.4, 0.5) is 10.2 Å². The van der Waals surface area contributed by atoms with Crippen molar-refractivity contribution in [1.29, 1.82) is 0 Å². The van der Waals surface area contributed by atoms with Crippen molar-refractivity contribution in [2.45, 2.75) is 25.8 Å². The first-order valence-electron chi connectivity index (χ1n) is 6.12. The summed E-state index contributed by atoms with van der Waals surface area (Å²) in [5.74, 6) is 0.256. The van der Waals surface area contributed by atoms with E-state index < -0.39 is 0 Å². The number of hydrogen-bond donors (Lipinski definition) is 0. The van der Waals surface area contributed by atoms with E-state index in [1.54, 1.807) is 12.3 Å². The Hall–Kier alpha value is -0.870. The summed E-state index contributed by atoms with van der Waals surface area (Å²) in [5, 5.41) is 0. The van der Waals surface area contributed by atoms with Gasteiger partial charge in [0.2, 0.25) is 0 Å². The van der Waals surface area contributed by atoms with Crippen molar-refractivity contribution in [3.63, 3.8) is 0 Å². The largest absolute Gasteiger partial charge is 0.350 e. The lowest BCUT2D eigenvalue weighted by Gasteiger charge is -2.31. The van der Waals surface area contributed by atoms with Gasteiger partial charge in [0.15, 0.2) is 11.6 Å². The molecule has 3 nitrogen and oxygen atoms in total. The predicted octanol–water partition coefficient (Wildman–Crippen LogP) is 2.74. The molecule has 1 unspecified atom stereocenters. The molecule has 0 saturated heterocycles. The van der Waals surface area contributed by atoms with E-state index in [1.807, 2.05) is 25.9 Å². The molecule has 1 aromatic rings. The molecule has 0 saturated carbocycles. The third kappa shape index (κ3) is 3.56. The number of aromatic nitrogens is 1. The zero-order valence-corrected chi connectivity index (χ0v) is 12.2. The molecule has 1 aromatic heterocycles. The highest BCUT2D eigenvalue weighted by atomic mass is 35.5. The van der Waals surface area contributed by atoms with Gasteiger partial charge in [-0.15, -0.1) is 11.6 Å². The minimum Gasteiger partial charge on any atom is -0.350 e. The van der Waals surface area contributed by atoms with E-state index >= 15 is 0 Å². The van der Waals surface area contributed by atoms with Crippen LogP contribution in [-0.4, -0.2) is 43.1 Å². The van der Waals surface area contributed by atoms with Crippen LogP contribution in [0.1, 0.15) is 19.4 Å². The maximum absolute atomic E-state index is 14.2. The minimum absolute atomic E-state index is 0.168. The van der Waals surface area contributed by atoms with Crippen LogP contribution in [0.5, 0.6) is 0 Å². The molecule has 102 valence electrons. The number of alkyl halides is 1. The number of rotatable bonds is 6. The summed E-state index contributed by atoms with van der Waals surface area (Å²) in [6.07, 6.45) is 1.61. The lowest BCUT2D eigenvalue weighted by molar-refractivity contribution is 0.370. The Morgan fingerprint density at radius 3 is 2.61 bits per heavy atom. The van der Waals surface area contributed by atoms with Crippen molar-refractivity contribution in [2.75, 3.05) is 32.1 Å². The van der Waals surface area contributed by atoms with Crippen LogP contribution in [0.3, 0.4) is 0 Å². The van der Waals surface area contributed by atoms with Crippen molar-refractivity contribution in [2.24, 2.45) is 0 Å². The summed E-state index contributed by atoms with van der Waals surface area (Å²) in [6.45, 7) is 5.63. The van der Waals surface area contributed by atoms with E-state index in [0.29, 0.717) is 17.9 Å². The van der Waals surface area contributed by atoms with Crippen LogP contribution in [0, 0.1) is 5.82 Å². The molecule has 1 atom stereocenters. The summed E-state index contributed by atoms with van der Waals surface area (Å²) in [6, 6.07) is 1.81. The molecule has 0 aliphatic carbocycles. The number of hydrogen-bond acceptors (Lipinski definition) is 3. The molecule has 18 heavy (non-hydrogen) atoms. The third-order valence-corrected chi connectivity index (χ3v) is 3.16. The molecule has 0 aliphatic heterocycles. The zero-order valence-electron chi connectivity index (χ0n) is 11.5. The fraction of sp³-hybridized carbons (Fsp3) is 0.615. The zero-order chi connectivity index (χ0) is 13.7. The van der Waals surface area contributed by atoms with Gasteiger partial charge in [-0.2, -0.15) is 0 Å². The molecule has 0 spiro atoms. The van der Waals surface area contributed by atoms with Crippen LogP contribution in [-0.2, 0) is 5.88 Å². The summed E-state index contributed by atoms with van der Waals surface area (Å²) in [4.78, 5) is 8.20. The standard InChI is InChI=1S/C13H21ClFN3/c1-5-18(10(2)9-17(3)4)13-12(15)11(8-14)6-7-16-13/h6-7,10H,5,8-9H2,1-4H3. The normalized spacial score (nSPS) is 12.8. The van der Waals surface area contributed by atoms with Crippen molar-refractivity contribution in [3.05, 3.63) is 23.6 Å². The van der Waals surface area contributed by atoms with E-state index in [1.165, 1.54) is 0 Å². The Balaban J connectivity index is 3.01. The summed E-state index contributed by atoms with van der Waals surface area (Å²) >= 11 is 5.72. The fourth-order valence-electron chi connectivity index (χ4n) is 2.07. The molecular weight excluding hydrogens is 253 g/mol. The molecular formula is C13H21ClFN3. The maximum atomic E-state index is 14.2. The summed E-state index contributed by atoms with van der Waals surface area (Å²) in [7, 11) is 4.01. The van der Waals surface area contributed by atoms with Gasteiger partial charge in [0.1, 0.15) is 0 Å². The average molecular weight is 274 g/mol. The number of nitrogens with zero attached hydrogens (tertiary/aromatic N) is 3. The van der Waals surface area contributed by atoms with Gasteiger partial charge < -0.3 is 9.80 Å². The van der Waals surface area contributed by atoms with Gasteiger partial charge in [-0.25, -0.2) is 9.37 Å². The summed E-state index contributed by atoms with van der Waals surface area (Å²) < 4.78 is 14.2. The van der Waals surface area contributed by atoms with Crippen molar-refractivity contribution in [1.82, 2.24) is 9.88 Å². The molecule has 0 fully saturated rings. The second-order valence-corrected chi connectivity index (χ2v) is 4.91. The maximum Gasteiger partial charge on any atom is 0.170 e. The Bertz CT molecular complexity index is 384. The van der Waals surface area contributed by atoms with E-state index in [2.05, 4.69) is 16.8 Å². The van der Waals surface area contributed by atoms with Gasteiger partial charge >= 0.3 is 0 Å². The monoisotopic (exact) mass is 273 g/mol. The minimum atomic E-state index is -0.306. The highest BCUT2D eigenvalue weighted by Crippen LogP contribution is 2.22. The molecule has 0 amide bonds. The molecule has 0 radical (unpaired) electrons. The van der Waals surface area contributed by atoms with E-state index in [-0.39, 0.29) is 17.7 Å². The number of anilines is 1. The highest BCUT2D eigenvalue weighted by Gasteiger charge is 2.19. The SMILES string of the molecule is CCN(c1nccc(CCl)c1F)C(C)CN(C)C. The Morgan fingerprint density at radius 2 is 2.11 bits per heavy atom. The van der Waals surface area contributed by atoms with Crippen LogP contribution >= 0.6 is 11.6 Å². The predicted molar refractivity (Wildman–Crippen MR) is 74.8 cm³/mol. The van der Waals surface area contributed by atoms with Crippen LogP contribution < -0.4 is 4.90 Å². The molecule has 0 N–H and O–H groups in total. The molecule has 1 rings (SSSR count). The van der Waals surface area contributed by atoms with Gasteiger partial charge in [-0.05, 0) is 34.0 Å². The van der Waals surface area contributed by atoms with Crippen LogP contribution in [0.2, 0.25) is 0 Å². The third-order valence-electron chi connectivity index (χ3n) is 2.87. The number of halogens is 2. The first-order chi connectivity index (χ1) is 8.51. The Morgan fingerprint density at radius 1 is 1.44 bits per heavy atom. The fourth-order valence-corrected chi connectivity index (χ4v) is 2.28. The lowest BCUT2D eigenvalue weighted by atomic mass is 10.2. The first-order valence-corrected chi connectivity index (χ1v) is 6.65. The highest BCUT2D eigenvalue weighted by molar-refractivity contribution is 6.17. The second-order valence-electron chi connectivity index (χ2n) is 4.64. The van der Waals surface area contributed by atoms with Crippen molar-refractivity contribution < 1.29 is 4.39 Å². The molecule has 0 aromatic carbocycles. The van der Waals surface area contributed by atoms with E-state index in [0.717, 1.165) is 6.54 Å². The van der Waals surface area contributed by atoms with Gasteiger partial charge in [0.25, 0.3) is 0 Å².